The van der Waals surface area contributed by atoms with Crippen LogP contribution in [-0.2, 0) is 4.79 Å². The third-order valence-electron chi connectivity index (χ3n) is 5.17. The molecule has 0 bridgehead atoms. The zero-order valence-electron chi connectivity index (χ0n) is 17.8. The highest BCUT2D eigenvalue weighted by atomic mass is 16.1. The molecule has 0 unspecified atom stereocenters. The van der Waals surface area contributed by atoms with Gasteiger partial charge in [-0.15, -0.1) is 0 Å². The van der Waals surface area contributed by atoms with E-state index in [-0.39, 0.29) is 5.91 Å². The van der Waals surface area contributed by atoms with Crippen LogP contribution >= 0.6 is 0 Å². The van der Waals surface area contributed by atoms with E-state index in [9.17, 15) is 9.59 Å². The first kappa shape index (κ1) is 23.7. The molecule has 1 amide bonds. The number of nitrogens with one attached hydrogen (secondary N) is 2. The van der Waals surface area contributed by atoms with Gasteiger partial charge in [-0.05, 0) is 37.1 Å². The summed E-state index contributed by atoms with van der Waals surface area (Å²) in [6.45, 7) is 2.00. The van der Waals surface area contributed by atoms with E-state index in [0.717, 1.165) is 41.3 Å². The number of carbonyl (C=O) groups is 3. The molecule has 3 aromatic rings. The summed E-state index contributed by atoms with van der Waals surface area (Å²) in [7, 11) is 1.84. The molecule has 1 aromatic heterocycles. The van der Waals surface area contributed by atoms with Crippen molar-refractivity contribution in [3.63, 3.8) is 0 Å². The van der Waals surface area contributed by atoms with E-state index in [1.165, 1.54) is 19.3 Å². The summed E-state index contributed by atoms with van der Waals surface area (Å²) in [5.41, 5.74) is 3.05. The molecule has 2 aromatic carbocycles. The summed E-state index contributed by atoms with van der Waals surface area (Å²) in [6, 6.07) is 17.3. The van der Waals surface area contributed by atoms with Gasteiger partial charge in [0.2, 0.25) is 0 Å². The third-order valence-corrected chi connectivity index (χ3v) is 5.17. The van der Waals surface area contributed by atoms with Crippen molar-refractivity contribution in [3.8, 4) is 0 Å². The molecule has 0 spiro atoms. The molecule has 4 rings (SSSR count). The smallest absolute Gasteiger partial charge is 0.253 e. The summed E-state index contributed by atoms with van der Waals surface area (Å²) in [5.74, 6) is 0.0434. The van der Waals surface area contributed by atoms with Gasteiger partial charge >= 0.3 is 0 Å². The Morgan fingerprint density at radius 3 is 2.42 bits per heavy atom. The van der Waals surface area contributed by atoms with Gasteiger partial charge in [0.05, 0.1) is 11.1 Å². The van der Waals surface area contributed by atoms with Gasteiger partial charge < -0.3 is 15.4 Å². The number of anilines is 1. The number of hydrogen-bond donors (Lipinski definition) is 2. The second kappa shape index (κ2) is 12.9. The van der Waals surface area contributed by atoms with Gasteiger partial charge in [-0.3, -0.25) is 14.6 Å². The Kier molecular flexibility index (Phi) is 9.88. The SMILES string of the molecule is C=O.CNc1ccccc1C(=O)NC1CCCCC1.O=Cc1cccc2cccnc12. The molecule has 6 heteroatoms. The molecule has 1 aliphatic rings. The first-order valence-electron chi connectivity index (χ1n) is 10.4. The minimum Gasteiger partial charge on any atom is -0.387 e. The van der Waals surface area contributed by atoms with E-state index in [4.69, 9.17) is 4.79 Å². The van der Waals surface area contributed by atoms with Crippen LogP contribution in [0.2, 0.25) is 0 Å². The maximum absolute atomic E-state index is 12.1. The lowest BCUT2D eigenvalue weighted by molar-refractivity contribution is -0.0980. The number of para-hydroxylation sites is 2. The van der Waals surface area contributed by atoms with Crippen LogP contribution in [0.25, 0.3) is 10.9 Å². The number of rotatable bonds is 4. The summed E-state index contributed by atoms with van der Waals surface area (Å²) in [5, 5.41) is 7.19. The summed E-state index contributed by atoms with van der Waals surface area (Å²) < 4.78 is 0. The Morgan fingerprint density at radius 2 is 1.71 bits per heavy atom. The van der Waals surface area contributed by atoms with E-state index in [1.54, 1.807) is 12.3 Å². The fraction of sp³-hybridized carbons (Fsp3) is 0.280. The van der Waals surface area contributed by atoms with Gasteiger partial charge in [0.25, 0.3) is 5.91 Å². The van der Waals surface area contributed by atoms with Crippen LogP contribution in [0, 0.1) is 0 Å². The topological polar surface area (TPSA) is 88.2 Å². The van der Waals surface area contributed by atoms with E-state index in [2.05, 4.69) is 15.6 Å². The van der Waals surface area contributed by atoms with Gasteiger partial charge in [0.1, 0.15) is 6.79 Å². The number of pyridine rings is 1. The van der Waals surface area contributed by atoms with E-state index in [1.807, 2.05) is 62.4 Å². The van der Waals surface area contributed by atoms with Crippen LogP contribution in [0.3, 0.4) is 0 Å². The maximum Gasteiger partial charge on any atom is 0.253 e. The first-order chi connectivity index (χ1) is 15.2. The van der Waals surface area contributed by atoms with Crippen LogP contribution in [0.5, 0.6) is 0 Å². The zero-order chi connectivity index (χ0) is 22.5. The summed E-state index contributed by atoms with van der Waals surface area (Å²) >= 11 is 0. The number of aldehydes is 1. The zero-order valence-corrected chi connectivity index (χ0v) is 17.8. The monoisotopic (exact) mass is 419 g/mol. The Bertz CT molecular complexity index is 979. The normalized spacial score (nSPS) is 13.1. The lowest BCUT2D eigenvalue weighted by Gasteiger charge is -2.23. The average Bonchev–Trinajstić information content (AvgIpc) is 2.86. The molecule has 1 saturated carbocycles. The Morgan fingerprint density at radius 1 is 1.00 bits per heavy atom. The highest BCUT2D eigenvalue weighted by Crippen LogP contribution is 2.19. The summed E-state index contributed by atoms with van der Waals surface area (Å²) in [6.07, 6.45) is 8.53. The van der Waals surface area contributed by atoms with Crippen LogP contribution in [0.4, 0.5) is 5.69 Å². The Hall–Kier alpha value is -3.54. The lowest BCUT2D eigenvalue weighted by atomic mass is 9.95. The van der Waals surface area contributed by atoms with Crippen molar-refractivity contribution in [3.05, 3.63) is 71.9 Å². The molecule has 6 nitrogen and oxygen atoms in total. The number of fused-ring (bicyclic) bond motifs is 1. The van der Waals surface area contributed by atoms with Crippen LogP contribution < -0.4 is 10.6 Å². The Labute approximate surface area is 183 Å². The van der Waals surface area contributed by atoms with Crippen molar-refractivity contribution in [1.82, 2.24) is 10.3 Å². The van der Waals surface area contributed by atoms with E-state index in [0.29, 0.717) is 11.6 Å². The maximum atomic E-state index is 12.1. The quantitative estimate of drug-likeness (QED) is 0.601. The predicted molar refractivity (Wildman–Crippen MR) is 125 cm³/mol. The van der Waals surface area contributed by atoms with Crippen molar-refractivity contribution in [1.29, 1.82) is 0 Å². The van der Waals surface area contributed by atoms with Crippen molar-refractivity contribution >= 4 is 35.6 Å². The third kappa shape index (κ3) is 6.74. The number of carbonyl (C=O) groups excluding carboxylic acids is 3. The fourth-order valence-corrected chi connectivity index (χ4v) is 3.63. The van der Waals surface area contributed by atoms with Gasteiger partial charge in [-0.2, -0.15) is 0 Å². The van der Waals surface area contributed by atoms with Gasteiger partial charge in [-0.25, -0.2) is 0 Å². The molecular formula is C25H29N3O3. The largest absolute Gasteiger partial charge is 0.387 e. The molecule has 1 heterocycles. The van der Waals surface area contributed by atoms with Crippen molar-refractivity contribution in [2.75, 3.05) is 12.4 Å². The van der Waals surface area contributed by atoms with Gasteiger partial charge in [0, 0.05) is 35.9 Å². The molecule has 1 aliphatic carbocycles. The molecule has 0 saturated heterocycles. The molecular weight excluding hydrogens is 390 g/mol. The van der Waals surface area contributed by atoms with Crippen molar-refractivity contribution < 1.29 is 14.4 Å². The second-order valence-corrected chi connectivity index (χ2v) is 7.14. The highest BCUT2D eigenvalue weighted by molar-refractivity contribution is 5.99. The lowest BCUT2D eigenvalue weighted by Crippen LogP contribution is -2.36. The van der Waals surface area contributed by atoms with Crippen LogP contribution in [-0.4, -0.2) is 37.1 Å². The minimum atomic E-state index is 0.0434. The molecule has 1 fully saturated rings. The van der Waals surface area contributed by atoms with Gasteiger partial charge in [0.15, 0.2) is 6.29 Å². The molecule has 0 atom stereocenters. The molecule has 0 radical (unpaired) electrons. The minimum absolute atomic E-state index is 0.0434. The number of hydrogen-bond acceptors (Lipinski definition) is 5. The average molecular weight is 420 g/mol. The predicted octanol–water partition coefficient (Wildman–Crippen LogP) is 4.65. The Balaban J connectivity index is 0.000000214. The van der Waals surface area contributed by atoms with E-state index >= 15 is 0 Å². The molecule has 0 aliphatic heterocycles. The number of aromatic nitrogens is 1. The summed E-state index contributed by atoms with van der Waals surface area (Å²) in [4.78, 5) is 34.8. The molecule has 31 heavy (non-hydrogen) atoms. The fourth-order valence-electron chi connectivity index (χ4n) is 3.63. The number of amides is 1. The number of benzene rings is 2. The van der Waals surface area contributed by atoms with Crippen LogP contribution in [0.15, 0.2) is 60.8 Å². The second-order valence-electron chi connectivity index (χ2n) is 7.14. The molecule has 2 N–H and O–H groups in total. The first-order valence-corrected chi connectivity index (χ1v) is 10.4. The van der Waals surface area contributed by atoms with Gasteiger partial charge in [-0.1, -0.05) is 49.6 Å². The standard InChI is InChI=1S/C14H20N2O.C10H7NO.CH2O/c1-15-13-10-6-5-9-12(13)14(17)16-11-7-3-2-4-8-11;12-7-9-4-1-3-8-5-2-6-11-10(8)9;1-2/h5-6,9-11,15H,2-4,7-8H2,1H3,(H,16,17);1-7H;1H2. The van der Waals surface area contributed by atoms with E-state index < -0.39 is 0 Å². The van der Waals surface area contributed by atoms with Crippen molar-refractivity contribution in [2.45, 2.75) is 38.1 Å². The van der Waals surface area contributed by atoms with Crippen LogP contribution in [0.1, 0.15) is 52.8 Å². The number of nitrogens with zero attached hydrogens (tertiary/aromatic N) is 1. The van der Waals surface area contributed by atoms with Crippen molar-refractivity contribution in [2.24, 2.45) is 0 Å². The molecule has 162 valence electrons. The highest BCUT2D eigenvalue weighted by Gasteiger charge is 2.17.